The van der Waals surface area contributed by atoms with Gasteiger partial charge >= 0.3 is 0 Å². The number of amides is 1. The third-order valence-corrected chi connectivity index (χ3v) is 3.80. The van der Waals surface area contributed by atoms with Crippen molar-refractivity contribution >= 4 is 27.3 Å². The zero-order chi connectivity index (χ0) is 14.0. The molecule has 19 heavy (non-hydrogen) atoms. The summed E-state index contributed by atoms with van der Waals surface area (Å²) < 4.78 is 14.2. The monoisotopic (exact) mass is 283 g/mol. The number of fused-ring (bicyclic) bond motifs is 1. The number of halogens is 1. The van der Waals surface area contributed by atoms with E-state index in [0.29, 0.717) is 15.0 Å². The molecule has 0 aliphatic carbocycles. The van der Waals surface area contributed by atoms with Crippen LogP contribution in [-0.2, 0) is 0 Å². The van der Waals surface area contributed by atoms with Gasteiger partial charge in [0.2, 0.25) is 0 Å². The number of benzene rings is 1. The normalized spacial score (nSPS) is 14.3. The minimum Gasteiger partial charge on any atom is -0.393 e. The molecule has 4 nitrogen and oxygen atoms in total. The highest BCUT2D eigenvalue weighted by molar-refractivity contribution is 7.20. The summed E-state index contributed by atoms with van der Waals surface area (Å²) in [6, 6.07) is 6.15. The third kappa shape index (κ3) is 3.09. The first kappa shape index (κ1) is 13.9. The maximum Gasteiger partial charge on any atom is 0.261 e. The summed E-state index contributed by atoms with van der Waals surface area (Å²) in [4.78, 5) is 12.2. The first-order chi connectivity index (χ1) is 8.93. The Morgan fingerprint density at radius 3 is 2.89 bits per heavy atom. The zero-order valence-corrected chi connectivity index (χ0v) is 11.1. The molecule has 1 aromatic heterocycles. The van der Waals surface area contributed by atoms with Crippen molar-refractivity contribution in [2.24, 2.45) is 0 Å². The summed E-state index contributed by atoms with van der Waals surface area (Å²) in [5, 5.41) is 21.4. The Bertz CT molecular complexity index is 609. The molecule has 1 unspecified atom stereocenters. The molecule has 0 saturated carbocycles. The maximum atomic E-state index is 13.5. The molecule has 1 atom stereocenters. The Labute approximate surface area is 113 Å². The van der Waals surface area contributed by atoms with E-state index in [4.69, 9.17) is 5.11 Å². The molecule has 2 rings (SSSR count). The van der Waals surface area contributed by atoms with Gasteiger partial charge in [-0.1, -0.05) is 6.07 Å². The topological polar surface area (TPSA) is 69.6 Å². The van der Waals surface area contributed by atoms with Crippen molar-refractivity contribution in [3.05, 3.63) is 35.0 Å². The van der Waals surface area contributed by atoms with Crippen LogP contribution >= 0.6 is 11.3 Å². The fraction of sp³-hybridized carbons (Fsp3) is 0.308. The van der Waals surface area contributed by atoms with Crippen LogP contribution in [-0.4, -0.2) is 34.9 Å². The van der Waals surface area contributed by atoms with E-state index in [-0.39, 0.29) is 12.4 Å². The number of nitrogens with one attached hydrogen (secondary N) is 1. The van der Waals surface area contributed by atoms with Gasteiger partial charge in [0, 0.05) is 16.6 Å². The van der Waals surface area contributed by atoms with Gasteiger partial charge in [0.15, 0.2) is 0 Å². The van der Waals surface area contributed by atoms with Crippen LogP contribution in [0.3, 0.4) is 0 Å². The predicted octanol–water partition coefficient (Wildman–Crippen LogP) is 1.51. The first-order valence-corrected chi connectivity index (χ1v) is 6.54. The summed E-state index contributed by atoms with van der Waals surface area (Å²) in [5.41, 5.74) is -1.36. The Balaban J connectivity index is 2.16. The van der Waals surface area contributed by atoms with E-state index in [1.54, 1.807) is 12.1 Å². The van der Waals surface area contributed by atoms with Gasteiger partial charge < -0.3 is 15.5 Å². The number of hydrogen-bond donors (Lipinski definition) is 3. The quantitative estimate of drug-likeness (QED) is 0.796. The average molecular weight is 283 g/mol. The van der Waals surface area contributed by atoms with Gasteiger partial charge in [0.1, 0.15) is 11.4 Å². The van der Waals surface area contributed by atoms with Crippen LogP contribution in [0.4, 0.5) is 4.39 Å². The molecule has 2 aromatic rings. The fourth-order valence-corrected chi connectivity index (χ4v) is 2.54. The van der Waals surface area contributed by atoms with Crippen molar-refractivity contribution in [2.45, 2.75) is 12.5 Å². The van der Waals surface area contributed by atoms with Gasteiger partial charge in [0.25, 0.3) is 5.91 Å². The number of aliphatic hydroxyl groups is 2. The summed E-state index contributed by atoms with van der Waals surface area (Å²) in [6.45, 7) is 0.894. The second-order valence-electron chi connectivity index (χ2n) is 4.60. The Morgan fingerprint density at radius 1 is 1.53 bits per heavy atom. The minimum absolute atomic E-state index is 0.0704. The summed E-state index contributed by atoms with van der Waals surface area (Å²) in [7, 11) is 0. The molecule has 0 fully saturated rings. The molecule has 1 heterocycles. The van der Waals surface area contributed by atoms with E-state index in [1.165, 1.54) is 30.4 Å². The number of hydrogen-bond acceptors (Lipinski definition) is 4. The lowest BCUT2D eigenvalue weighted by atomic mass is 10.1. The van der Waals surface area contributed by atoms with E-state index in [2.05, 4.69) is 5.32 Å². The van der Waals surface area contributed by atoms with Crippen molar-refractivity contribution in [2.75, 3.05) is 13.2 Å². The van der Waals surface area contributed by atoms with Crippen LogP contribution in [0, 0.1) is 5.82 Å². The molecule has 1 aromatic carbocycles. The van der Waals surface area contributed by atoms with Gasteiger partial charge in [-0.15, -0.1) is 11.3 Å². The summed E-state index contributed by atoms with van der Waals surface area (Å²) >= 11 is 1.18. The summed E-state index contributed by atoms with van der Waals surface area (Å²) in [6.07, 6.45) is 0. The Morgan fingerprint density at radius 2 is 2.26 bits per heavy atom. The fourth-order valence-electron chi connectivity index (χ4n) is 1.55. The lowest BCUT2D eigenvalue weighted by Crippen LogP contribution is -2.43. The second-order valence-corrected chi connectivity index (χ2v) is 5.68. The lowest BCUT2D eigenvalue weighted by Gasteiger charge is -2.20. The van der Waals surface area contributed by atoms with E-state index in [0.717, 1.165) is 0 Å². The Kier molecular flexibility index (Phi) is 3.84. The molecule has 6 heteroatoms. The van der Waals surface area contributed by atoms with Gasteiger partial charge in [-0.25, -0.2) is 4.39 Å². The molecule has 102 valence electrons. The molecular formula is C13H14FNO3S. The maximum absolute atomic E-state index is 13.5. The molecule has 1 amide bonds. The number of carbonyl (C=O) groups is 1. The smallest absolute Gasteiger partial charge is 0.261 e. The zero-order valence-electron chi connectivity index (χ0n) is 10.3. The molecule has 3 N–H and O–H groups in total. The van der Waals surface area contributed by atoms with Gasteiger partial charge in [0.05, 0.1) is 11.5 Å². The van der Waals surface area contributed by atoms with Crippen LogP contribution in [0.1, 0.15) is 16.6 Å². The van der Waals surface area contributed by atoms with Crippen molar-refractivity contribution in [3.8, 4) is 0 Å². The average Bonchev–Trinajstić information content (AvgIpc) is 2.81. The van der Waals surface area contributed by atoms with E-state index in [9.17, 15) is 14.3 Å². The number of rotatable bonds is 4. The van der Waals surface area contributed by atoms with Crippen LogP contribution in [0.15, 0.2) is 24.3 Å². The van der Waals surface area contributed by atoms with E-state index in [1.807, 2.05) is 0 Å². The van der Waals surface area contributed by atoms with Crippen LogP contribution in [0.2, 0.25) is 0 Å². The number of carbonyl (C=O) groups excluding carboxylic acids is 1. The van der Waals surface area contributed by atoms with Gasteiger partial charge in [-0.2, -0.15) is 0 Å². The highest BCUT2D eigenvalue weighted by atomic mass is 32.1. The molecule has 0 bridgehead atoms. The SMILES string of the molecule is CC(O)(CO)CNC(=O)c1cc2c(F)cccc2s1. The highest BCUT2D eigenvalue weighted by Gasteiger charge is 2.21. The van der Waals surface area contributed by atoms with Crippen molar-refractivity contribution in [1.29, 1.82) is 0 Å². The number of thiophene rings is 1. The van der Waals surface area contributed by atoms with Crippen LogP contribution in [0.5, 0.6) is 0 Å². The molecule has 0 aliphatic heterocycles. The Hall–Kier alpha value is -1.50. The van der Waals surface area contributed by atoms with Crippen molar-refractivity contribution in [1.82, 2.24) is 5.32 Å². The van der Waals surface area contributed by atoms with Crippen molar-refractivity contribution in [3.63, 3.8) is 0 Å². The minimum atomic E-state index is -1.36. The van der Waals surface area contributed by atoms with E-state index < -0.39 is 18.1 Å². The molecule has 0 saturated heterocycles. The summed E-state index contributed by atoms with van der Waals surface area (Å²) in [5.74, 6) is -0.760. The molecule has 0 spiro atoms. The number of aliphatic hydroxyl groups excluding tert-OH is 1. The van der Waals surface area contributed by atoms with Crippen LogP contribution < -0.4 is 5.32 Å². The largest absolute Gasteiger partial charge is 0.393 e. The highest BCUT2D eigenvalue weighted by Crippen LogP contribution is 2.27. The third-order valence-electron chi connectivity index (χ3n) is 2.70. The first-order valence-electron chi connectivity index (χ1n) is 5.72. The molecular weight excluding hydrogens is 269 g/mol. The lowest BCUT2D eigenvalue weighted by molar-refractivity contribution is 0.00323. The van der Waals surface area contributed by atoms with Gasteiger partial charge in [-0.3, -0.25) is 4.79 Å². The van der Waals surface area contributed by atoms with E-state index >= 15 is 0 Å². The van der Waals surface area contributed by atoms with Gasteiger partial charge in [-0.05, 0) is 25.1 Å². The second kappa shape index (κ2) is 5.24. The van der Waals surface area contributed by atoms with Crippen molar-refractivity contribution < 1.29 is 19.4 Å². The van der Waals surface area contributed by atoms with Crippen LogP contribution in [0.25, 0.3) is 10.1 Å². The predicted molar refractivity (Wildman–Crippen MR) is 71.8 cm³/mol. The molecule has 0 radical (unpaired) electrons. The molecule has 0 aliphatic rings. The standard InChI is InChI=1S/C13H14FNO3S/c1-13(18,7-16)6-15-12(17)11-5-8-9(14)3-2-4-10(8)19-11/h2-5,16,18H,6-7H2,1H3,(H,15,17).